The molecule has 2 aromatic heterocycles. The summed E-state index contributed by atoms with van der Waals surface area (Å²) in [6.07, 6.45) is 5.34. The van der Waals surface area contributed by atoms with Gasteiger partial charge in [-0.3, -0.25) is 9.89 Å². The summed E-state index contributed by atoms with van der Waals surface area (Å²) in [6, 6.07) is 12.0. The number of aryl methyl sites for hydroxylation is 2. The second-order valence-corrected chi connectivity index (χ2v) is 8.49. The molecular weight excluding hydrogens is 407 g/mol. The standard InChI is InChI=1S/C25H27FN4O2/c26-18-6-3-5-17(15-18)20-9-4-10-23(27-20)24-16-30(13-14-32-24)25(31)12-11-22-19-7-1-2-8-21(19)28-29-22/h3-6,9-10,15,24H,1-2,7-8,11-14,16H2,(H,28,29)/t24-/m0/s1. The summed E-state index contributed by atoms with van der Waals surface area (Å²) in [5.41, 5.74) is 5.78. The van der Waals surface area contributed by atoms with Gasteiger partial charge in [0, 0.05) is 30.6 Å². The number of nitrogens with one attached hydrogen (secondary N) is 1. The van der Waals surface area contributed by atoms with Crippen LogP contribution in [0.2, 0.25) is 0 Å². The van der Waals surface area contributed by atoms with Crippen LogP contribution in [-0.2, 0) is 28.8 Å². The summed E-state index contributed by atoms with van der Waals surface area (Å²) in [4.78, 5) is 19.5. The van der Waals surface area contributed by atoms with Crippen LogP contribution in [0.4, 0.5) is 4.39 Å². The number of nitrogens with zero attached hydrogens (tertiary/aromatic N) is 3. The molecule has 166 valence electrons. The van der Waals surface area contributed by atoms with Crippen LogP contribution in [0.5, 0.6) is 0 Å². The highest BCUT2D eigenvalue weighted by atomic mass is 19.1. The molecule has 1 atom stereocenters. The van der Waals surface area contributed by atoms with Crippen molar-refractivity contribution in [2.75, 3.05) is 19.7 Å². The smallest absolute Gasteiger partial charge is 0.223 e. The summed E-state index contributed by atoms with van der Waals surface area (Å²) in [6.45, 7) is 1.52. The lowest BCUT2D eigenvalue weighted by atomic mass is 9.94. The van der Waals surface area contributed by atoms with Gasteiger partial charge in [-0.2, -0.15) is 5.10 Å². The van der Waals surface area contributed by atoms with Gasteiger partial charge in [0.05, 0.1) is 30.2 Å². The quantitative estimate of drug-likeness (QED) is 0.658. The van der Waals surface area contributed by atoms with E-state index in [0.717, 1.165) is 29.8 Å². The van der Waals surface area contributed by atoms with Gasteiger partial charge >= 0.3 is 0 Å². The van der Waals surface area contributed by atoms with Crippen molar-refractivity contribution >= 4 is 5.91 Å². The fourth-order valence-corrected chi connectivity index (χ4v) is 4.63. The minimum atomic E-state index is -0.293. The van der Waals surface area contributed by atoms with Crippen LogP contribution in [0.15, 0.2) is 42.5 Å². The maximum atomic E-state index is 13.6. The molecular formula is C25H27FN4O2. The number of benzene rings is 1. The van der Waals surface area contributed by atoms with Gasteiger partial charge in [0.25, 0.3) is 0 Å². The summed E-state index contributed by atoms with van der Waals surface area (Å²) in [7, 11) is 0. The molecule has 0 saturated carbocycles. The van der Waals surface area contributed by atoms with Crippen molar-refractivity contribution < 1.29 is 13.9 Å². The van der Waals surface area contributed by atoms with E-state index >= 15 is 0 Å². The molecule has 7 heteroatoms. The highest BCUT2D eigenvalue weighted by Gasteiger charge is 2.27. The van der Waals surface area contributed by atoms with Gasteiger partial charge in [0.2, 0.25) is 5.91 Å². The predicted octanol–water partition coefficient (Wildman–Crippen LogP) is 4.02. The molecule has 5 rings (SSSR count). The zero-order chi connectivity index (χ0) is 21.9. The molecule has 1 N–H and O–H groups in total. The molecule has 6 nitrogen and oxygen atoms in total. The van der Waals surface area contributed by atoms with Gasteiger partial charge in [-0.15, -0.1) is 0 Å². The molecule has 0 radical (unpaired) electrons. The number of morpholine rings is 1. The summed E-state index contributed by atoms with van der Waals surface area (Å²) in [5.74, 6) is -0.175. The first-order valence-corrected chi connectivity index (χ1v) is 11.3. The fraction of sp³-hybridized carbons (Fsp3) is 0.400. The third-order valence-corrected chi connectivity index (χ3v) is 6.36. The Morgan fingerprint density at radius 1 is 1.19 bits per heavy atom. The maximum absolute atomic E-state index is 13.6. The van der Waals surface area contributed by atoms with Gasteiger partial charge in [0.15, 0.2) is 0 Å². The number of H-pyrrole nitrogens is 1. The molecule has 3 heterocycles. The Morgan fingerprint density at radius 3 is 2.97 bits per heavy atom. The lowest BCUT2D eigenvalue weighted by Crippen LogP contribution is -2.42. The van der Waals surface area contributed by atoms with Crippen molar-refractivity contribution in [3.05, 3.63) is 70.9 Å². The van der Waals surface area contributed by atoms with Crippen molar-refractivity contribution in [3.8, 4) is 11.3 Å². The summed E-state index contributed by atoms with van der Waals surface area (Å²) < 4.78 is 19.5. The molecule has 1 amide bonds. The number of aromatic amines is 1. The summed E-state index contributed by atoms with van der Waals surface area (Å²) >= 11 is 0. The normalized spacial score (nSPS) is 18.4. The Bertz CT molecular complexity index is 1110. The maximum Gasteiger partial charge on any atom is 0.223 e. The third kappa shape index (κ3) is 4.43. The lowest BCUT2D eigenvalue weighted by molar-refractivity contribution is -0.139. The topological polar surface area (TPSA) is 71.1 Å². The van der Waals surface area contributed by atoms with E-state index in [1.54, 1.807) is 6.07 Å². The SMILES string of the molecule is O=C(CCc1n[nH]c2c1CCCC2)N1CCO[C@H](c2cccc(-c3cccc(F)c3)n2)C1. The second-order valence-electron chi connectivity index (χ2n) is 8.49. The lowest BCUT2D eigenvalue weighted by Gasteiger charge is -2.33. The van der Waals surface area contributed by atoms with Crippen molar-refractivity contribution in [2.24, 2.45) is 0 Å². The van der Waals surface area contributed by atoms with E-state index in [-0.39, 0.29) is 17.8 Å². The van der Waals surface area contributed by atoms with E-state index in [2.05, 4.69) is 10.2 Å². The Labute approximate surface area is 186 Å². The fourth-order valence-electron chi connectivity index (χ4n) is 4.63. The van der Waals surface area contributed by atoms with Crippen LogP contribution >= 0.6 is 0 Å². The monoisotopic (exact) mass is 434 g/mol. The Kier molecular flexibility index (Phi) is 5.99. The number of halogens is 1. The molecule has 1 aliphatic carbocycles. The van der Waals surface area contributed by atoms with E-state index in [9.17, 15) is 9.18 Å². The van der Waals surface area contributed by atoms with Crippen molar-refractivity contribution in [3.63, 3.8) is 0 Å². The van der Waals surface area contributed by atoms with E-state index in [1.807, 2.05) is 29.2 Å². The number of hydrogen-bond acceptors (Lipinski definition) is 4. The Balaban J connectivity index is 1.24. The number of pyridine rings is 1. The number of amides is 1. The molecule has 3 aromatic rings. The van der Waals surface area contributed by atoms with Gasteiger partial charge in [0.1, 0.15) is 11.9 Å². The van der Waals surface area contributed by atoms with Gasteiger partial charge < -0.3 is 9.64 Å². The van der Waals surface area contributed by atoms with Crippen LogP contribution in [0, 0.1) is 5.82 Å². The van der Waals surface area contributed by atoms with Crippen LogP contribution in [0.25, 0.3) is 11.3 Å². The molecule has 0 bridgehead atoms. The summed E-state index contributed by atoms with van der Waals surface area (Å²) in [5, 5.41) is 7.62. The first-order valence-electron chi connectivity index (χ1n) is 11.3. The number of aromatic nitrogens is 3. The Morgan fingerprint density at radius 2 is 2.06 bits per heavy atom. The van der Waals surface area contributed by atoms with Crippen molar-refractivity contribution in [1.82, 2.24) is 20.1 Å². The average Bonchev–Trinajstić information content (AvgIpc) is 3.26. The van der Waals surface area contributed by atoms with Gasteiger partial charge in [-0.1, -0.05) is 18.2 Å². The van der Waals surface area contributed by atoms with Crippen LogP contribution in [0.1, 0.15) is 48.0 Å². The number of hydrogen-bond donors (Lipinski definition) is 1. The minimum absolute atomic E-state index is 0.118. The zero-order valence-electron chi connectivity index (χ0n) is 18.0. The number of fused-ring (bicyclic) bond motifs is 1. The number of ether oxygens (including phenoxy) is 1. The molecule has 0 spiro atoms. The molecule has 0 unspecified atom stereocenters. The van der Waals surface area contributed by atoms with E-state index < -0.39 is 0 Å². The molecule has 1 fully saturated rings. The zero-order valence-corrected chi connectivity index (χ0v) is 18.0. The largest absolute Gasteiger partial charge is 0.368 e. The first kappa shape index (κ1) is 20.8. The van der Waals surface area contributed by atoms with E-state index in [0.29, 0.717) is 38.2 Å². The van der Waals surface area contributed by atoms with Crippen LogP contribution < -0.4 is 0 Å². The first-order chi connectivity index (χ1) is 15.7. The molecule has 1 saturated heterocycles. The van der Waals surface area contributed by atoms with Crippen LogP contribution in [0.3, 0.4) is 0 Å². The van der Waals surface area contributed by atoms with Crippen LogP contribution in [-0.4, -0.2) is 45.7 Å². The van der Waals surface area contributed by atoms with E-state index in [4.69, 9.17) is 9.72 Å². The Hall–Kier alpha value is -3.06. The second kappa shape index (κ2) is 9.20. The third-order valence-electron chi connectivity index (χ3n) is 6.36. The molecule has 2 aliphatic rings. The number of carbonyl (C=O) groups is 1. The predicted molar refractivity (Wildman–Crippen MR) is 118 cm³/mol. The average molecular weight is 435 g/mol. The molecule has 1 aliphatic heterocycles. The van der Waals surface area contributed by atoms with Crippen molar-refractivity contribution in [1.29, 1.82) is 0 Å². The highest BCUT2D eigenvalue weighted by molar-refractivity contribution is 5.76. The van der Waals surface area contributed by atoms with E-state index in [1.165, 1.54) is 36.2 Å². The number of rotatable bonds is 5. The number of carbonyl (C=O) groups excluding carboxylic acids is 1. The molecule has 1 aromatic carbocycles. The highest BCUT2D eigenvalue weighted by Crippen LogP contribution is 2.26. The van der Waals surface area contributed by atoms with Gasteiger partial charge in [-0.05, 0) is 55.5 Å². The molecule has 32 heavy (non-hydrogen) atoms. The minimum Gasteiger partial charge on any atom is -0.368 e. The van der Waals surface area contributed by atoms with Crippen molar-refractivity contribution in [2.45, 2.75) is 44.6 Å². The van der Waals surface area contributed by atoms with Gasteiger partial charge in [-0.25, -0.2) is 9.37 Å².